The van der Waals surface area contributed by atoms with Crippen molar-refractivity contribution in [3.63, 3.8) is 0 Å². The van der Waals surface area contributed by atoms with E-state index >= 15 is 0 Å². The molecule has 2 amide bonds. The van der Waals surface area contributed by atoms with Gasteiger partial charge < -0.3 is 19.6 Å². The molecule has 0 bridgehead atoms. The molecule has 7 heteroatoms. The van der Waals surface area contributed by atoms with Crippen molar-refractivity contribution in [2.24, 2.45) is 5.41 Å². The Balaban J connectivity index is 1.81. The maximum absolute atomic E-state index is 13.1. The molecule has 1 N–H and O–H groups in total. The molecule has 0 radical (unpaired) electrons. The normalized spacial score (nSPS) is 29.1. The fraction of sp³-hybridized carbons (Fsp3) is 0.526. The lowest BCUT2D eigenvalue weighted by Gasteiger charge is -2.40. The highest BCUT2D eigenvalue weighted by Gasteiger charge is 2.47. The van der Waals surface area contributed by atoms with E-state index in [2.05, 4.69) is 0 Å². The van der Waals surface area contributed by atoms with Gasteiger partial charge in [0, 0.05) is 19.6 Å². The van der Waals surface area contributed by atoms with Crippen molar-refractivity contribution in [3.05, 3.63) is 35.9 Å². The molecule has 2 saturated heterocycles. The first kappa shape index (κ1) is 18.4. The van der Waals surface area contributed by atoms with Gasteiger partial charge in [-0.25, -0.2) is 0 Å². The molecule has 3 rings (SSSR count). The molecule has 2 aliphatic rings. The second kappa shape index (κ2) is 7.07. The van der Waals surface area contributed by atoms with E-state index in [1.54, 1.807) is 23.6 Å². The van der Waals surface area contributed by atoms with Crippen LogP contribution in [0.1, 0.15) is 25.8 Å². The first-order valence-electron chi connectivity index (χ1n) is 8.79. The quantitative estimate of drug-likeness (QED) is 0.870. The summed E-state index contributed by atoms with van der Waals surface area (Å²) in [7, 11) is 0. The van der Waals surface area contributed by atoms with E-state index in [0.29, 0.717) is 19.5 Å². The molecule has 2 aliphatic heterocycles. The van der Waals surface area contributed by atoms with Crippen molar-refractivity contribution in [2.45, 2.75) is 39.0 Å². The van der Waals surface area contributed by atoms with Gasteiger partial charge in [-0.3, -0.25) is 14.4 Å². The Labute approximate surface area is 152 Å². The number of carboxylic acid groups (broad SMARTS) is 1. The van der Waals surface area contributed by atoms with Crippen LogP contribution >= 0.6 is 0 Å². The lowest BCUT2D eigenvalue weighted by Crippen LogP contribution is -2.60. The van der Waals surface area contributed by atoms with Crippen LogP contribution in [-0.4, -0.2) is 64.5 Å². The summed E-state index contributed by atoms with van der Waals surface area (Å²) in [5.41, 5.74) is -0.00701. The highest BCUT2D eigenvalue weighted by molar-refractivity contribution is 5.90. The number of likely N-dealkylation sites (tertiary alicyclic amines) is 1. The number of benzene rings is 1. The van der Waals surface area contributed by atoms with Crippen molar-refractivity contribution in [1.29, 1.82) is 0 Å². The maximum Gasteiger partial charge on any atom is 0.311 e. The van der Waals surface area contributed by atoms with Gasteiger partial charge in [0.25, 0.3) is 0 Å². The third kappa shape index (κ3) is 3.44. The van der Waals surface area contributed by atoms with Crippen LogP contribution < -0.4 is 0 Å². The predicted octanol–water partition coefficient (Wildman–Crippen LogP) is 1.13. The summed E-state index contributed by atoms with van der Waals surface area (Å²) in [5.74, 6) is -1.38. The first-order chi connectivity index (χ1) is 12.3. The molecule has 2 heterocycles. The number of morpholine rings is 1. The fourth-order valence-electron chi connectivity index (χ4n) is 3.60. The number of hydrogen-bond donors (Lipinski definition) is 1. The lowest BCUT2D eigenvalue weighted by molar-refractivity contribution is -0.167. The minimum atomic E-state index is -0.942. The SMILES string of the molecule is C[C@H]1OCC(=O)N(Cc2ccccc2)[C@@H]1C(=O)N1CCC(C)(C(=O)O)C1. The lowest BCUT2D eigenvalue weighted by atomic mass is 9.90. The topological polar surface area (TPSA) is 87.2 Å². The Morgan fingerprint density at radius 3 is 2.62 bits per heavy atom. The van der Waals surface area contributed by atoms with Gasteiger partial charge in [-0.15, -0.1) is 0 Å². The number of rotatable bonds is 4. The molecular weight excluding hydrogens is 336 g/mol. The van der Waals surface area contributed by atoms with E-state index in [1.165, 1.54) is 0 Å². The van der Waals surface area contributed by atoms with Gasteiger partial charge in [-0.2, -0.15) is 0 Å². The van der Waals surface area contributed by atoms with Gasteiger partial charge in [-0.1, -0.05) is 30.3 Å². The number of amides is 2. The van der Waals surface area contributed by atoms with Crippen LogP contribution in [0.4, 0.5) is 0 Å². The van der Waals surface area contributed by atoms with E-state index in [9.17, 15) is 19.5 Å². The molecule has 2 fully saturated rings. The third-order valence-corrected chi connectivity index (χ3v) is 5.32. The molecule has 0 spiro atoms. The third-order valence-electron chi connectivity index (χ3n) is 5.32. The molecule has 1 unspecified atom stereocenters. The van der Waals surface area contributed by atoms with Gasteiger partial charge in [0.05, 0.1) is 11.5 Å². The number of carbonyl (C=O) groups excluding carboxylic acids is 2. The van der Waals surface area contributed by atoms with Crippen molar-refractivity contribution >= 4 is 17.8 Å². The van der Waals surface area contributed by atoms with Gasteiger partial charge in [0.15, 0.2) is 0 Å². The highest BCUT2D eigenvalue weighted by Crippen LogP contribution is 2.32. The zero-order valence-electron chi connectivity index (χ0n) is 15.1. The summed E-state index contributed by atoms with van der Waals surface area (Å²) >= 11 is 0. The molecule has 1 aromatic rings. The van der Waals surface area contributed by atoms with Gasteiger partial charge in [0.1, 0.15) is 12.6 Å². The van der Waals surface area contributed by atoms with Crippen LogP contribution in [0.5, 0.6) is 0 Å². The van der Waals surface area contributed by atoms with Crippen LogP contribution in [-0.2, 0) is 25.7 Å². The van der Waals surface area contributed by atoms with Crippen molar-refractivity contribution in [3.8, 4) is 0 Å². The van der Waals surface area contributed by atoms with Gasteiger partial charge in [0.2, 0.25) is 11.8 Å². The minimum Gasteiger partial charge on any atom is -0.481 e. The van der Waals surface area contributed by atoms with Crippen LogP contribution in [0.25, 0.3) is 0 Å². The molecule has 3 atom stereocenters. The Hall–Kier alpha value is -2.41. The summed E-state index contributed by atoms with van der Waals surface area (Å²) in [6.07, 6.45) is -0.0385. The van der Waals surface area contributed by atoms with Crippen molar-refractivity contribution in [2.75, 3.05) is 19.7 Å². The molecule has 7 nitrogen and oxygen atoms in total. The summed E-state index contributed by atoms with van der Waals surface area (Å²) in [6, 6.07) is 8.75. The maximum atomic E-state index is 13.1. The van der Waals surface area contributed by atoms with Gasteiger partial charge >= 0.3 is 5.97 Å². The van der Waals surface area contributed by atoms with E-state index < -0.39 is 23.5 Å². The largest absolute Gasteiger partial charge is 0.481 e. The molecular formula is C19H24N2O5. The summed E-state index contributed by atoms with van der Waals surface area (Å²) in [4.78, 5) is 40.1. The Morgan fingerprint density at radius 2 is 2.00 bits per heavy atom. The number of nitrogens with zero attached hydrogens (tertiary/aromatic N) is 2. The second-order valence-corrected chi connectivity index (χ2v) is 7.34. The fourth-order valence-corrected chi connectivity index (χ4v) is 3.60. The van der Waals surface area contributed by atoms with Crippen molar-refractivity contribution < 1.29 is 24.2 Å². The summed E-state index contributed by atoms with van der Waals surface area (Å²) < 4.78 is 5.50. The van der Waals surface area contributed by atoms with Crippen molar-refractivity contribution in [1.82, 2.24) is 9.80 Å². The molecule has 0 saturated carbocycles. The standard InChI is InChI=1S/C19H24N2O5/c1-13-16(17(23)20-9-8-19(2,12-20)18(24)25)21(15(22)11-26-13)10-14-6-4-3-5-7-14/h3-7,13,16H,8-12H2,1-2H3,(H,24,25)/t13-,16+,19?/m1/s1. The number of hydrogen-bond acceptors (Lipinski definition) is 4. The Kier molecular flexibility index (Phi) is 5.00. The number of carboxylic acids is 1. The number of carbonyl (C=O) groups is 3. The Morgan fingerprint density at radius 1 is 1.31 bits per heavy atom. The molecule has 26 heavy (non-hydrogen) atoms. The molecule has 0 aromatic heterocycles. The summed E-state index contributed by atoms with van der Waals surface area (Å²) in [5, 5.41) is 9.40. The highest BCUT2D eigenvalue weighted by atomic mass is 16.5. The van der Waals surface area contributed by atoms with Crippen LogP contribution in [0.3, 0.4) is 0 Å². The zero-order chi connectivity index (χ0) is 18.9. The first-order valence-corrected chi connectivity index (χ1v) is 8.79. The molecule has 1 aromatic carbocycles. The van der Waals surface area contributed by atoms with E-state index in [1.807, 2.05) is 30.3 Å². The smallest absolute Gasteiger partial charge is 0.311 e. The zero-order valence-corrected chi connectivity index (χ0v) is 15.1. The van der Waals surface area contributed by atoms with Gasteiger partial charge in [-0.05, 0) is 25.8 Å². The summed E-state index contributed by atoms with van der Waals surface area (Å²) in [6.45, 7) is 4.23. The average Bonchev–Trinajstić information content (AvgIpc) is 3.03. The van der Waals surface area contributed by atoms with E-state index in [-0.39, 0.29) is 25.0 Å². The van der Waals surface area contributed by atoms with Crippen LogP contribution in [0.2, 0.25) is 0 Å². The Bertz CT molecular complexity index is 707. The molecule has 0 aliphatic carbocycles. The van der Waals surface area contributed by atoms with Crippen LogP contribution in [0, 0.1) is 5.41 Å². The second-order valence-electron chi connectivity index (χ2n) is 7.34. The predicted molar refractivity (Wildman–Crippen MR) is 93.1 cm³/mol. The average molecular weight is 360 g/mol. The van der Waals surface area contributed by atoms with E-state index in [4.69, 9.17) is 4.74 Å². The van der Waals surface area contributed by atoms with E-state index in [0.717, 1.165) is 5.56 Å². The number of aliphatic carboxylic acids is 1. The monoisotopic (exact) mass is 360 g/mol. The van der Waals surface area contributed by atoms with Crippen LogP contribution in [0.15, 0.2) is 30.3 Å². The minimum absolute atomic E-state index is 0.0510. The molecule has 140 valence electrons. The number of ether oxygens (including phenoxy) is 1.